The van der Waals surface area contributed by atoms with Crippen LogP contribution in [0.5, 0.6) is 0 Å². The summed E-state index contributed by atoms with van der Waals surface area (Å²) in [7, 11) is 4.44. The van der Waals surface area contributed by atoms with E-state index in [1.165, 1.54) is 38.8 Å². The largest absolute Gasteiger partial charge is 0.395 e. The van der Waals surface area contributed by atoms with Gasteiger partial charge >= 0.3 is 0 Å². The van der Waals surface area contributed by atoms with Crippen LogP contribution in [0.15, 0.2) is 0 Å². The summed E-state index contributed by atoms with van der Waals surface area (Å²) in [5, 5.41) is 12.9. The Hall–Kier alpha value is -0.160. The van der Waals surface area contributed by atoms with E-state index < -0.39 is 0 Å². The molecule has 1 aliphatic heterocycles. The Morgan fingerprint density at radius 1 is 1.28 bits per heavy atom. The number of piperidine rings is 1. The highest BCUT2D eigenvalue weighted by atomic mass is 16.3. The Morgan fingerprint density at radius 3 is 2.50 bits per heavy atom. The van der Waals surface area contributed by atoms with Crippen LogP contribution in [0.4, 0.5) is 0 Å². The standard InChI is InChI=1S/C14H29N3O/c1-16-8-6-14(7-9-16)17(2)10-5-13(11-18)15-12-3-4-12/h12-15,18H,3-11H2,1-2H3. The molecule has 2 N–H and O–H groups in total. The molecule has 2 rings (SSSR count). The molecule has 4 nitrogen and oxygen atoms in total. The van der Waals surface area contributed by atoms with Crippen molar-refractivity contribution in [2.45, 2.75) is 50.2 Å². The lowest BCUT2D eigenvalue weighted by Crippen LogP contribution is -2.44. The van der Waals surface area contributed by atoms with Crippen LogP contribution < -0.4 is 5.32 Å². The maximum Gasteiger partial charge on any atom is 0.0585 e. The van der Waals surface area contributed by atoms with Crippen LogP contribution in [0.1, 0.15) is 32.1 Å². The van der Waals surface area contributed by atoms with E-state index in [4.69, 9.17) is 0 Å². The predicted molar refractivity (Wildman–Crippen MR) is 74.8 cm³/mol. The summed E-state index contributed by atoms with van der Waals surface area (Å²) in [6, 6.07) is 1.73. The van der Waals surface area contributed by atoms with Crippen LogP contribution in [0.2, 0.25) is 0 Å². The van der Waals surface area contributed by atoms with Gasteiger partial charge < -0.3 is 20.2 Å². The van der Waals surface area contributed by atoms with Gasteiger partial charge in [0, 0.05) is 18.1 Å². The molecule has 0 aromatic carbocycles. The van der Waals surface area contributed by atoms with Gasteiger partial charge in [0.15, 0.2) is 0 Å². The fraction of sp³-hybridized carbons (Fsp3) is 1.00. The maximum absolute atomic E-state index is 9.37. The summed E-state index contributed by atoms with van der Waals surface area (Å²) >= 11 is 0. The minimum atomic E-state index is 0.276. The third-order valence-corrected chi connectivity index (χ3v) is 4.41. The van der Waals surface area contributed by atoms with Gasteiger partial charge in [-0.2, -0.15) is 0 Å². The van der Waals surface area contributed by atoms with E-state index in [-0.39, 0.29) is 6.61 Å². The lowest BCUT2D eigenvalue weighted by atomic mass is 10.0. The maximum atomic E-state index is 9.37. The number of hydrogen-bond donors (Lipinski definition) is 2. The number of nitrogens with one attached hydrogen (secondary N) is 1. The van der Waals surface area contributed by atoms with Crippen molar-refractivity contribution in [2.75, 3.05) is 40.3 Å². The van der Waals surface area contributed by atoms with E-state index in [1.807, 2.05) is 0 Å². The molecule has 18 heavy (non-hydrogen) atoms. The Labute approximate surface area is 111 Å². The molecule has 0 bridgehead atoms. The fourth-order valence-corrected chi connectivity index (χ4v) is 2.79. The van der Waals surface area contributed by atoms with E-state index in [0.717, 1.165) is 19.0 Å². The summed E-state index contributed by atoms with van der Waals surface area (Å²) in [5.41, 5.74) is 0. The minimum absolute atomic E-state index is 0.276. The molecule has 106 valence electrons. The van der Waals surface area contributed by atoms with Crippen molar-refractivity contribution in [3.63, 3.8) is 0 Å². The number of aliphatic hydroxyl groups is 1. The highest BCUT2D eigenvalue weighted by Gasteiger charge is 2.25. The first-order chi connectivity index (χ1) is 8.69. The highest BCUT2D eigenvalue weighted by Crippen LogP contribution is 2.20. The Morgan fingerprint density at radius 2 is 1.94 bits per heavy atom. The summed E-state index contributed by atoms with van der Waals surface area (Å²) < 4.78 is 0. The average molecular weight is 255 g/mol. The Kier molecular flexibility index (Phi) is 5.42. The first-order valence-electron chi connectivity index (χ1n) is 7.44. The van der Waals surface area contributed by atoms with Gasteiger partial charge in [-0.25, -0.2) is 0 Å². The van der Waals surface area contributed by atoms with E-state index in [1.54, 1.807) is 0 Å². The number of nitrogens with zero attached hydrogens (tertiary/aromatic N) is 2. The van der Waals surface area contributed by atoms with Gasteiger partial charge in [-0.1, -0.05) is 0 Å². The molecule has 0 spiro atoms. The number of rotatable bonds is 7. The third kappa shape index (κ3) is 4.50. The van der Waals surface area contributed by atoms with Crippen molar-refractivity contribution >= 4 is 0 Å². The average Bonchev–Trinajstić information content (AvgIpc) is 3.18. The lowest BCUT2D eigenvalue weighted by molar-refractivity contribution is 0.134. The number of hydrogen-bond acceptors (Lipinski definition) is 4. The zero-order valence-corrected chi connectivity index (χ0v) is 11.9. The molecular formula is C14H29N3O. The molecule has 1 saturated heterocycles. The molecule has 4 heteroatoms. The van der Waals surface area contributed by atoms with Crippen LogP contribution in [0.3, 0.4) is 0 Å². The Balaban J connectivity index is 1.64. The molecule has 1 atom stereocenters. The van der Waals surface area contributed by atoms with Crippen molar-refractivity contribution in [3.8, 4) is 0 Å². The molecule has 1 aliphatic carbocycles. The van der Waals surface area contributed by atoms with Gasteiger partial charge in [-0.15, -0.1) is 0 Å². The van der Waals surface area contributed by atoms with Crippen molar-refractivity contribution < 1.29 is 5.11 Å². The van der Waals surface area contributed by atoms with E-state index >= 15 is 0 Å². The second kappa shape index (κ2) is 6.85. The van der Waals surface area contributed by atoms with Crippen molar-refractivity contribution in [3.05, 3.63) is 0 Å². The summed E-state index contributed by atoms with van der Waals surface area (Å²) in [5.74, 6) is 0. The summed E-state index contributed by atoms with van der Waals surface area (Å²) in [6.07, 6.45) is 6.22. The minimum Gasteiger partial charge on any atom is -0.395 e. The SMILES string of the molecule is CN1CCC(N(C)CCC(CO)NC2CC2)CC1. The molecule has 1 unspecified atom stereocenters. The van der Waals surface area contributed by atoms with E-state index in [9.17, 15) is 5.11 Å². The van der Waals surface area contributed by atoms with E-state index in [0.29, 0.717) is 12.1 Å². The van der Waals surface area contributed by atoms with Gasteiger partial charge in [0.2, 0.25) is 0 Å². The molecule has 0 aromatic heterocycles. The second-order valence-corrected chi connectivity index (χ2v) is 6.12. The first-order valence-corrected chi connectivity index (χ1v) is 7.44. The van der Waals surface area contributed by atoms with Gasteiger partial charge in [-0.3, -0.25) is 0 Å². The molecule has 0 amide bonds. The molecular weight excluding hydrogens is 226 g/mol. The predicted octanol–water partition coefficient (Wildman–Crippen LogP) is 0.515. The molecule has 0 aromatic rings. The number of aliphatic hydroxyl groups excluding tert-OH is 1. The number of likely N-dealkylation sites (tertiary alicyclic amines) is 1. The van der Waals surface area contributed by atoms with Crippen molar-refractivity contribution in [1.29, 1.82) is 0 Å². The van der Waals surface area contributed by atoms with Crippen molar-refractivity contribution in [1.82, 2.24) is 15.1 Å². The summed E-state index contributed by atoms with van der Waals surface area (Å²) in [4.78, 5) is 4.90. The fourth-order valence-electron chi connectivity index (χ4n) is 2.79. The molecule has 2 aliphatic rings. The third-order valence-electron chi connectivity index (χ3n) is 4.41. The zero-order valence-electron chi connectivity index (χ0n) is 11.9. The lowest BCUT2D eigenvalue weighted by Gasteiger charge is -2.35. The molecule has 1 heterocycles. The first kappa shape index (κ1) is 14.3. The van der Waals surface area contributed by atoms with Crippen LogP contribution >= 0.6 is 0 Å². The summed E-state index contributed by atoms with van der Waals surface area (Å²) in [6.45, 7) is 3.81. The van der Waals surface area contributed by atoms with Gasteiger partial charge in [-0.05, 0) is 65.8 Å². The van der Waals surface area contributed by atoms with Crippen LogP contribution in [0, 0.1) is 0 Å². The van der Waals surface area contributed by atoms with Gasteiger partial charge in [0.1, 0.15) is 0 Å². The molecule has 1 saturated carbocycles. The van der Waals surface area contributed by atoms with Gasteiger partial charge in [0.25, 0.3) is 0 Å². The zero-order chi connectivity index (χ0) is 13.0. The highest BCUT2D eigenvalue weighted by molar-refractivity contribution is 4.85. The quantitative estimate of drug-likeness (QED) is 0.695. The van der Waals surface area contributed by atoms with Crippen molar-refractivity contribution in [2.24, 2.45) is 0 Å². The topological polar surface area (TPSA) is 38.7 Å². The van der Waals surface area contributed by atoms with Crippen LogP contribution in [-0.4, -0.2) is 73.4 Å². The second-order valence-electron chi connectivity index (χ2n) is 6.12. The van der Waals surface area contributed by atoms with Crippen LogP contribution in [-0.2, 0) is 0 Å². The molecule has 2 fully saturated rings. The van der Waals surface area contributed by atoms with Gasteiger partial charge in [0.05, 0.1) is 6.61 Å². The van der Waals surface area contributed by atoms with E-state index in [2.05, 4.69) is 29.2 Å². The smallest absolute Gasteiger partial charge is 0.0585 e. The normalized spacial score (nSPS) is 24.7. The monoisotopic (exact) mass is 255 g/mol. The molecule has 0 radical (unpaired) electrons. The Bertz CT molecular complexity index is 237. The van der Waals surface area contributed by atoms with Crippen LogP contribution in [0.25, 0.3) is 0 Å².